The van der Waals surface area contributed by atoms with Gasteiger partial charge in [0.15, 0.2) is 5.16 Å². The number of halogens is 1. The lowest BCUT2D eigenvalue weighted by Crippen LogP contribution is -2.24. The summed E-state index contributed by atoms with van der Waals surface area (Å²) in [5, 5.41) is 1.24. The average Bonchev–Trinajstić information content (AvgIpc) is 2.78. The lowest BCUT2D eigenvalue weighted by Gasteiger charge is -2.13. The Morgan fingerprint density at radius 3 is 2.47 bits per heavy atom. The number of aromatic nitrogens is 2. The third kappa shape index (κ3) is 4.89. The number of hydrogen-bond acceptors (Lipinski definition) is 4. The smallest absolute Gasteiger partial charge is 0.262 e. The normalized spacial score (nSPS) is 11.0. The van der Waals surface area contributed by atoms with Crippen molar-refractivity contribution < 1.29 is 9.13 Å². The van der Waals surface area contributed by atoms with Crippen LogP contribution in [0.3, 0.4) is 0 Å². The molecule has 4 nitrogen and oxygen atoms in total. The Kier molecular flexibility index (Phi) is 6.44. The molecule has 1 aromatic heterocycles. The predicted molar refractivity (Wildman–Crippen MR) is 119 cm³/mol. The van der Waals surface area contributed by atoms with Crippen LogP contribution < -0.4 is 10.3 Å². The van der Waals surface area contributed by atoms with E-state index in [1.165, 1.54) is 23.9 Å². The summed E-state index contributed by atoms with van der Waals surface area (Å²) in [5.74, 6) is 1.32. The fourth-order valence-electron chi connectivity index (χ4n) is 3.10. The molecule has 0 atom stereocenters. The summed E-state index contributed by atoms with van der Waals surface area (Å²) < 4.78 is 20.7. The molecule has 4 aromatic rings. The molecule has 0 unspecified atom stereocenters. The Morgan fingerprint density at radius 2 is 1.67 bits per heavy atom. The molecular weight excluding hydrogens is 399 g/mol. The third-order valence-electron chi connectivity index (χ3n) is 4.61. The Bertz CT molecular complexity index is 1180. The van der Waals surface area contributed by atoms with E-state index >= 15 is 0 Å². The van der Waals surface area contributed by atoms with Gasteiger partial charge in [-0.1, -0.05) is 54.2 Å². The summed E-state index contributed by atoms with van der Waals surface area (Å²) in [6.07, 6.45) is 0.818. The van der Waals surface area contributed by atoms with Crippen LogP contribution in [0.15, 0.2) is 88.8 Å². The van der Waals surface area contributed by atoms with Crippen LogP contribution in [0.4, 0.5) is 4.39 Å². The fourth-order valence-corrected chi connectivity index (χ4v) is 4.01. The van der Waals surface area contributed by atoms with E-state index < -0.39 is 0 Å². The highest BCUT2D eigenvalue weighted by Gasteiger charge is 2.12. The Balaban J connectivity index is 1.51. The minimum atomic E-state index is -0.296. The van der Waals surface area contributed by atoms with Crippen molar-refractivity contribution in [3.8, 4) is 5.75 Å². The van der Waals surface area contributed by atoms with Crippen molar-refractivity contribution in [1.29, 1.82) is 0 Å². The number of para-hydroxylation sites is 2. The van der Waals surface area contributed by atoms with Crippen molar-refractivity contribution >= 4 is 22.7 Å². The number of thioether (sulfide) groups is 1. The van der Waals surface area contributed by atoms with Gasteiger partial charge in [-0.25, -0.2) is 9.37 Å². The number of rotatable bonds is 8. The molecule has 0 fully saturated rings. The predicted octanol–water partition coefficient (Wildman–Crippen LogP) is 5.15. The van der Waals surface area contributed by atoms with E-state index in [9.17, 15) is 9.18 Å². The van der Waals surface area contributed by atoms with Gasteiger partial charge in [0.1, 0.15) is 11.6 Å². The summed E-state index contributed by atoms with van der Waals surface area (Å²) >= 11 is 1.53. The van der Waals surface area contributed by atoms with E-state index in [0.29, 0.717) is 29.2 Å². The van der Waals surface area contributed by atoms with Crippen molar-refractivity contribution in [2.75, 3.05) is 12.4 Å². The molecule has 0 aliphatic carbocycles. The van der Waals surface area contributed by atoms with E-state index in [-0.39, 0.29) is 11.4 Å². The first-order chi connectivity index (χ1) is 14.7. The summed E-state index contributed by atoms with van der Waals surface area (Å²) in [4.78, 5) is 17.8. The van der Waals surface area contributed by atoms with E-state index in [1.807, 2.05) is 48.5 Å². The van der Waals surface area contributed by atoms with Gasteiger partial charge in [0.25, 0.3) is 5.56 Å². The monoisotopic (exact) mass is 420 g/mol. The molecule has 152 valence electrons. The average molecular weight is 421 g/mol. The van der Waals surface area contributed by atoms with Crippen LogP contribution in [-0.2, 0) is 6.54 Å². The van der Waals surface area contributed by atoms with Gasteiger partial charge >= 0.3 is 0 Å². The maximum Gasteiger partial charge on any atom is 0.262 e. The first kappa shape index (κ1) is 20.2. The van der Waals surface area contributed by atoms with Crippen molar-refractivity contribution in [3.63, 3.8) is 0 Å². The van der Waals surface area contributed by atoms with E-state index in [2.05, 4.69) is 0 Å². The lowest BCUT2D eigenvalue weighted by atomic mass is 10.2. The first-order valence-corrected chi connectivity index (χ1v) is 10.7. The molecule has 30 heavy (non-hydrogen) atoms. The molecule has 0 aliphatic heterocycles. The number of ether oxygens (including phenoxy) is 1. The zero-order valence-corrected chi connectivity index (χ0v) is 17.1. The van der Waals surface area contributed by atoms with Gasteiger partial charge in [-0.05, 0) is 48.4 Å². The van der Waals surface area contributed by atoms with Crippen LogP contribution in [0.5, 0.6) is 5.75 Å². The maximum atomic E-state index is 13.3. The Hall–Kier alpha value is -3.12. The SMILES string of the molecule is O=c1c2ccccc2nc(SCCCOc2ccccc2)n1Cc1ccc(F)cc1. The third-order valence-corrected chi connectivity index (χ3v) is 5.67. The topological polar surface area (TPSA) is 44.1 Å². The summed E-state index contributed by atoms with van der Waals surface area (Å²) in [6, 6.07) is 23.2. The molecule has 4 rings (SSSR count). The molecule has 0 spiro atoms. The zero-order valence-electron chi connectivity index (χ0n) is 16.3. The molecule has 0 N–H and O–H groups in total. The van der Waals surface area contributed by atoms with Gasteiger partial charge in [0.2, 0.25) is 0 Å². The molecule has 3 aromatic carbocycles. The van der Waals surface area contributed by atoms with Crippen LogP contribution in [0.2, 0.25) is 0 Å². The molecule has 0 bridgehead atoms. The van der Waals surface area contributed by atoms with Gasteiger partial charge in [-0.15, -0.1) is 0 Å². The van der Waals surface area contributed by atoms with Gasteiger partial charge in [-0.3, -0.25) is 9.36 Å². The van der Waals surface area contributed by atoms with Crippen molar-refractivity contribution in [3.05, 3.63) is 101 Å². The molecule has 6 heteroatoms. The minimum Gasteiger partial charge on any atom is -0.494 e. The molecule has 0 radical (unpaired) electrons. The molecule has 0 amide bonds. The number of hydrogen-bond donors (Lipinski definition) is 0. The van der Waals surface area contributed by atoms with E-state index in [4.69, 9.17) is 9.72 Å². The lowest BCUT2D eigenvalue weighted by molar-refractivity contribution is 0.318. The van der Waals surface area contributed by atoms with E-state index in [1.54, 1.807) is 22.8 Å². The minimum absolute atomic E-state index is 0.0899. The quantitative estimate of drug-likeness (QED) is 0.225. The molecule has 0 saturated carbocycles. The van der Waals surface area contributed by atoms with Crippen LogP contribution in [0.25, 0.3) is 10.9 Å². The first-order valence-electron chi connectivity index (χ1n) is 9.75. The second-order valence-electron chi connectivity index (χ2n) is 6.79. The van der Waals surface area contributed by atoms with E-state index in [0.717, 1.165) is 23.5 Å². The van der Waals surface area contributed by atoms with Crippen molar-refractivity contribution in [2.45, 2.75) is 18.1 Å². The largest absolute Gasteiger partial charge is 0.494 e. The summed E-state index contributed by atoms with van der Waals surface area (Å²) in [6.45, 7) is 0.937. The highest BCUT2D eigenvalue weighted by atomic mass is 32.2. The highest BCUT2D eigenvalue weighted by molar-refractivity contribution is 7.99. The van der Waals surface area contributed by atoms with Gasteiger partial charge < -0.3 is 4.74 Å². The van der Waals surface area contributed by atoms with Crippen LogP contribution in [0.1, 0.15) is 12.0 Å². The van der Waals surface area contributed by atoms with Crippen LogP contribution >= 0.6 is 11.8 Å². The van der Waals surface area contributed by atoms with Crippen LogP contribution in [0, 0.1) is 5.82 Å². The fraction of sp³-hybridized carbons (Fsp3) is 0.167. The molecular formula is C24H21FN2O2S. The number of nitrogens with zero attached hydrogens (tertiary/aromatic N) is 2. The molecule has 0 aliphatic rings. The van der Waals surface area contributed by atoms with Crippen molar-refractivity contribution in [2.24, 2.45) is 0 Å². The highest BCUT2D eigenvalue weighted by Crippen LogP contribution is 2.20. The van der Waals surface area contributed by atoms with Gasteiger partial charge in [0.05, 0.1) is 24.1 Å². The van der Waals surface area contributed by atoms with Crippen molar-refractivity contribution in [1.82, 2.24) is 9.55 Å². The molecule has 1 heterocycles. The Morgan fingerprint density at radius 1 is 0.933 bits per heavy atom. The van der Waals surface area contributed by atoms with Crippen LogP contribution in [-0.4, -0.2) is 21.9 Å². The molecule has 0 saturated heterocycles. The zero-order chi connectivity index (χ0) is 20.8. The summed E-state index contributed by atoms with van der Waals surface area (Å²) in [5.41, 5.74) is 1.44. The Labute approximate surface area is 178 Å². The second kappa shape index (κ2) is 9.59. The van der Waals surface area contributed by atoms with Gasteiger partial charge in [0, 0.05) is 5.75 Å². The summed E-state index contributed by atoms with van der Waals surface area (Å²) in [7, 11) is 0. The number of benzene rings is 3. The maximum absolute atomic E-state index is 13.3. The second-order valence-corrected chi connectivity index (χ2v) is 7.85. The van der Waals surface area contributed by atoms with Gasteiger partial charge in [-0.2, -0.15) is 0 Å². The standard InChI is InChI=1S/C24H21FN2O2S/c25-19-13-11-18(12-14-19)17-27-23(28)21-9-4-5-10-22(21)26-24(27)30-16-6-15-29-20-7-2-1-3-8-20/h1-5,7-14H,6,15-17H2. The number of fused-ring (bicyclic) bond motifs is 1.